The highest BCUT2D eigenvalue weighted by Gasteiger charge is 2.33. The van der Waals surface area contributed by atoms with Crippen molar-refractivity contribution in [1.82, 2.24) is 20.0 Å². The van der Waals surface area contributed by atoms with E-state index in [4.69, 9.17) is 9.51 Å². The van der Waals surface area contributed by atoms with Crippen molar-refractivity contribution < 1.29 is 9.32 Å². The minimum absolute atomic E-state index is 0.0512. The van der Waals surface area contributed by atoms with E-state index in [1.165, 1.54) is 0 Å². The number of aryl methyl sites for hydroxylation is 1. The molecule has 1 amide bonds. The van der Waals surface area contributed by atoms with Gasteiger partial charge in [0, 0.05) is 39.3 Å². The maximum Gasteiger partial charge on any atom is 0.225 e. The van der Waals surface area contributed by atoms with Crippen molar-refractivity contribution in [2.75, 3.05) is 25.5 Å². The standard InChI is InChI=1S/C21H31N5O2/c1-14-11-17(28-24-14)15-13-22-20(25(5)6)23-19(15)16-9-7-8-10-26(16)18(27)12-21(2,3)4/h11,13,16H,7-10,12H2,1-6H3/t16-/m1/s1. The van der Waals surface area contributed by atoms with Gasteiger partial charge >= 0.3 is 0 Å². The topological polar surface area (TPSA) is 75.4 Å². The van der Waals surface area contributed by atoms with Crippen molar-refractivity contribution in [1.29, 1.82) is 0 Å². The van der Waals surface area contributed by atoms with Crippen molar-refractivity contribution in [3.63, 3.8) is 0 Å². The molecule has 0 unspecified atom stereocenters. The van der Waals surface area contributed by atoms with Crippen LogP contribution in [0, 0.1) is 12.3 Å². The summed E-state index contributed by atoms with van der Waals surface area (Å²) in [7, 11) is 3.83. The summed E-state index contributed by atoms with van der Waals surface area (Å²) in [5, 5.41) is 4.02. The summed E-state index contributed by atoms with van der Waals surface area (Å²) in [6.07, 6.45) is 5.29. The molecule has 0 aliphatic carbocycles. The Morgan fingerprint density at radius 1 is 1.32 bits per heavy atom. The zero-order chi connectivity index (χ0) is 20.5. The van der Waals surface area contributed by atoms with Crippen LogP contribution in [0.25, 0.3) is 11.3 Å². The molecule has 0 N–H and O–H groups in total. The number of anilines is 1. The van der Waals surface area contributed by atoms with Gasteiger partial charge in [0.25, 0.3) is 0 Å². The Morgan fingerprint density at radius 2 is 2.07 bits per heavy atom. The number of rotatable bonds is 4. The van der Waals surface area contributed by atoms with Gasteiger partial charge in [-0.3, -0.25) is 4.79 Å². The molecule has 28 heavy (non-hydrogen) atoms. The molecule has 2 aromatic rings. The van der Waals surface area contributed by atoms with Crippen LogP contribution in [-0.4, -0.2) is 46.6 Å². The van der Waals surface area contributed by atoms with E-state index in [1.807, 2.05) is 36.9 Å². The van der Waals surface area contributed by atoms with Crippen molar-refractivity contribution in [2.24, 2.45) is 5.41 Å². The summed E-state index contributed by atoms with van der Waals surface area (Å²) in [4.78, 5) is 26.3. The minimum atomic E-state index is -0.0780. The number of likely N-dealkylation sites (tertiary alicyclic amines) is 1. The van der Waals surface area contributed by atoms with Crippen LogP contribution in [-0.2, 0) is 4.79 Å². The monoisotopic (exact) mass is 385 g/mol. The van der Waals surface area contributed by atoms with E-state index in [0.717, 1.165) is 42.8 Å². The quantitative estimate of drug-likeness (QED) is 0.792. The Morgan fingerprint density at radius 3 is 2.68 bits per heavy atom. The highest BCUT2D eigenvalue weighted by molar-refractivity contribution is 5.78. The molecule has 1 aliphatic heterocycles. The molecular weight excluding hydrogens is 354 g/mol. The first-order valence-corrected chi connectivity index (χ1v) is 9.93. The third-order valence-electron chi connectivity index (χ3n) is 4.92. The number of carbonyl (C=O) groups excluding carboxylic acids is 1. The Hall–Kier alpha value is -2.44. The number of hydrogen-bond acceptors (Lipinski definition) is 6. The van der Waals surface area contributed by atoms with Gasteiger partial charge in [0.1, 0.15) is 0 Å². The molecule has 1 saturated heterocycles. The smallest absolute Gasteiger partial charge is 0.225 e. The van der Waals surface area contributed by atoms with Gasteiger partial charge in [-0.15, -0.1) is 0 Å². The van der Waals surface area contributed by atoms with Crippen molar-refractivity contribution in [3.8, 4) is 11.3 Å². The predicted molar refractivity (Wildman–Crippen MR) is 109 cm³/mol. The van der Waals surface area contributed by atoms with Crippen molar-refractivity contribution in [2.45, 2.75) is 59.4 Å². The molecule has 3 heterocycles. The molecule has 1 atom stereocenters. The Balaban J connectivity index is 2.05. The highest BCUT2D eigenvalue weighted by Crippen LogP contribution is 2.37. The van der Waals surface area contributed by atoms with E-state index in [9.17, 15) is 4.79 Å². The van der Waals surface area contributed by atoms with Crippen LogP contribution in [0.1, 0.15) is 63.9 Å². The Labute approximate surface area is 167 Å². The lowest BCUT2D eigenvalue weighted by molar-refractivity contribution is -0.137. The van der Waals surface area contributed by atoms with Gasteiger partial charge in [-0.25, -0.2) is 9.97 Å². The first-order chi connectivity index (χ1) is 13.2. The SMILES string of the molecule is Cc1cc(-c2cnc(N(C)C)nc2[C@H]2CCCCN2C(=O)CC(C)(C)C)on1. The van der Waals surface area contributed by atoms with E-state index in [-0.39, 0.29) is 17.4 Å². The van der Waals surface area contributed by atoms with Gasteiger partial charge in [-0.2, -0.15) is 0 Å². The molecule has 1 aliphatic rings. The first kappa shape index (κ1) is 20.3. The van der Waals surface area contributed by atoms with Gasteiger partial charge < -0.3 is 14.3 Å². The van der Waals surface area contributed by atoms with Gasteiger partial charge in [-0.05, 0) is 31.6 Å². The molecular formula is C21H31N5O2. The molecule has 0 radical (unpaired) electrons. The van der Waals surface area contributed by atoms with E-state index >= 15 is 0 Å². The summed E-state index contributed by atoms with van der Waals surface area (Å²) in [5.41, 5.74) is 2.41. The fourth-order valence-electron chi connectivity index (χ4n) is 3.60. The second kappa shape index (κ2) is 7.89. The second-order valence-corrected chi connectivity index (χ2v) is 9.03. The van der Waals surface area contributed by atoms with Crippen LogP contribution in [0.3, 0.4) is 0 Å². The predicted octanol–water partition coefficient (Wildman–Crippen LogP) is 4.00. The molecule has 0 bridgehead atoms. The van der Waals surface area contributed by atoms with Gasteiger partial charge in [0.15, 0.2) is 5.76 Å². The molecule has 0 saturated carbocycles. The number of piperidine rings is 1. The van der Waals surface area contributed by atoms with E-state index in [0.29, 0.717) is 18.1 Å². The van der Waals surface area contributed by atoms with Crippen LogP contribution in [0.2, 0.25) is 0 Å². The van der Waals surface area contributed by atoms with E-state index < -0.39 is 0 Å². The lowest BCUT2D eigenvalue weighted by Gasteiger charge is -2.37. The summed E-state index contributed by atoms with van der Waals surface area (Å²) in [6.45, 7) is 8.95. The number of aromatic nitrogens is 3. The fourth-order valence-corrected chi connectivity index (χ4v) is 3.60. The molecule has 1 fully saturated rings. The molecule has 152 valence electrons. The zero-order valence-electron chi connectivity index (χ0n) is 17.8. The molecule has 7 heteroatoms. The lowest BCUT2D eigenvalue weighted by Crippen LogP contribution is -2.40. The van der Waals surface area contributed by atoms with Gasteiger partial charge in [0.05, 0.1) is 23.0 Å². The molecule has 0 aromatic carbocycles. The first-order valence-electron chi connectivity index (χ1n) is 9.93. The van der Waals surface area contributed by atoms with Crippen LogP contribution in [0.15, 0.2) is 16.8 Å². The zero-order valence-corrected chi connectivity index (χ0v) is 17.8. The van der Waals surface area contributed by atoms with Crippen LogP contribution >= 0.6 is 0 Å². The number of hydrogen-bond donors (Lipinski definition) is 0. The molecule has 7 nitrogen and oxygen atoms in total. The maximum atomic E-state index is 13.1. The van der Waals surface area contributed by atoms with E-state index in [1.54, 1.807) is 6.20 Å². The summed E-state index contributed by atoms with van der Waals surface area (Å²) in [6, 6.07) is 1.81. The number of amides is 1. The lowest BCUT2D eigenvalue weighted by atomic mass is 9.89. The molecule has 0 spiro atoms. The normalized spacial score (nSPS) is 17.6. The third-order valence-corrected chi connectivity index (χ3v) is 4.92. The Bertz CT molecular complexity index is 838. The summed E-state index contributed by atoms with van der Waals surface area (Å²) < 4.78 is 5.51. The van der Waals surface area contributed by atoms with Crippen LogP contribution in [0.4, 0.5) is 5.95 Å². The van der Waals surface area contributed by atoms with Crippen LogP contribution < -0.4 is 4.90 Å². The van der Waals surface area contributed by atoms with Gasteiger partial charge in [-0.1, -0.05) is 25.9 Å². The van der Waals surface area contributed by atoms with Crippen molar-refractivity contribution in [3.05, 3.63) is 23.7 Å². The van der Waals surface area contributed by atoms with Crippen LogP contribution in [0.5, 0.6) is 0 Å². The highest BCUT2D eigenvalue weighted by atomic mass is 16.5. The molecule has 3 rings (SSSR count). The average molecular weight is 386 g/mol. The summed E-state index contributed by atoms with van der Waals surface area (Å²) in [5.74, 6) is 1.46. The second-order valence-electron chi connectivity index (χ2n) is 9.03. The fraction of sp³-hybridized carbons (Fsp3) is 0.619. The summed E-state index contributed by atoms with van der Waals surface area (Å²) >= 11 is 0. The largest absolute Gasteiger partial charge is 0.356 e. The number of carbonyl (C=O) groups is 1. The average Bonchev–Trinajstić information content (AvgIpc) is 3.06. The maximum absolute atomic E-state index is 13.1. The van der Waals surface area contributed by atoms with Crippen molar-refractivity contribution >= 4 is 11.9 Å². The number of nitrogens with zero attached hydrogens (tertiary/aromatic N) is 5. The molecule has 2 aromatic heterocycles. The third kappa shape index (κ3) is 4.51. The minimum Gasteiger partial charge on any atom is -0.356 e. The van der Waals surface area contributed by atoms with E-state index in [2.05, 4.69) is 30.9 Å². The van der Waals surface area contributed by atoms with Gasteiger partial charge in [0.2, 0.25) is 11.9 Å². The Kier molecular flexibility index (Phi) is 5.72.